The van der Waals surface area contributed by atoms with Crippen LogP contribution in [0.5, 0.6) is 0 Å². The molecule has 2 unspecified atom stereocenters. The number of nitrogens with zero attached hydrogens (tertiary/aromatic N) is 1. The van der Waals surface area contributed by atoms with Crippen LogP contribution in [-0.2, 0) is 9.59 Å². The maximum atomic E-state index is 12.1. The van der Waals surface area contributed by atoms with E-state index in [1.54, 1.807) is 24.3 Å². The van der Waals surface area contributed by atoms with Crippen molar-refractivity contribution >= 4 is 33.5 Å². The summed E-state index contributed by atoms with van der Waals surface area (Å²) in [6, 6.07) is 6.90. The Morgan fingerprint density at radius 2 is 1.65 bits per heavy atom. The minimum atomic E-state index is -0.231. The van der Waals surface area contributed by atoms with E-state index >= 15 is 0 Å². The normalized spacial score (nSPS) is 26.6. The average molecular weight is 336 g/mol. The van der Waals surface area contributed by atoms with Crippen LogP contribution in [0.15, 0.2) is 28.7 Å². The van der Waals surface area contributed by atoms with Gasteiger partial charge in [-0.05, 0) is 17.5 Å². The summed E-state index contributed by atoms with van der Waals surface area (Å²) in [5, 5.41) is 0. The number of amides is 2. The van der Waals surface area contributed by atoms with E-state index in [1.165, 1.54) is 0 Å². The predicted octanol–water partition coefficient (Wildman–Crippen LogP) is 2.27. The van der Waals surface area contributed by atoms with E-state index in [0.29, 0.717) is 5.56 Å². The first kappa shape index (κ1) is 13.5. The maximum absolute atomic E-state index is 12.1. The Bertz CT molecular complexity index is 597. The van der Waals surface area contributed by atoms with Crippen molar-refractivity contribution in [2.75, 3.05) is 6.54 Å². The molecular weight excluding hydrogens is 322 g/mol. The molecule has 1 aromatic rings. The van der Waals surface area contributed by atoms with E-state index in [2.05, 4.69) is 15.9 Å². The Morgan fingerprint density at radius 3 is 2.15 bits per heavy atom. The third-order valence-electron chi connectivity index (χ3n) is 4.36. The number of piperidine rings is 1. The number of benzene rings is 1. The summed E-state index contributed by atoms with van der Waals surface area (Å²) < 4.78 is 0.880. The van der Waals surface area contributed by atoms with Gasteiger partial charge in [-0.1, -0.05) is 41.9 Å². The van der Waals surface area contributed by atoms with Crippen molar-refractivity contribution in [1.82, 2.24) is 4.90 Å². The van der Waals surface area contributed by atoms with E-state index in [0.717, 1.165) is 9.37 Å². The van der Waals surface area contributed by atoms with Gasteiger partial charge in [-0.3, -0.25) is 19.3 Å². The van der Waals surface area contributed by atoms with Crippen LogP contribution in [-0.4, -0.2) is 29.0 Å². The van der Waals surface area contributed by atoms with Gasteiger partial charge in [0.2, 0.25) is 11.8 Å². The Labute approximate surface area is 125 Å². The molecule has 1 aliphatic heterocycles. The van der Waals surface area contributed by atoms with Crippen LogP contribution in [0.2, 0.25) is 0 Å². The fraction of sp³-hybridized carbons (Fsp3) is 0.400. The molecule has 20 heavy (non-hydrogen) atoms. The third kappa shape index (κ3) is 1.84. The van der Waals surface area contributed by atoms with Crippen LogP contribution < -0.4 is 0 Å². The molecule has 1 heterocycles. The van der Waals surface area contributed by atoms with Crippen LogP contribution in [0.4, 0.5) is 0 Å². The molecule has 104 valence electrons. The second kappa shape index (κ2) is 4.25. The highest BCUT2D eigenvalue weighted by Gasteiger charge is 2.72. The molecule has 0 N–H and O–H groups in total. The molecule has 0 radical (unpaired) electrons. The van der Waals surface area contributed by atoms with Gasteiger partial charge in [-0.2, -0.15) is 0 Å². The van der Waals surface area contributed by atoms with Crippen LogP contribution in [0, 0.1) is 17.3 Å². The topological polar surface area (TPSA) is 54.5 Å². The summed E-state index contributed by atoms with van der Waals surface area (Å²) in [5.41, 5.74) is 0.277. The molecule has 4 nitrogen and oxygen atoms in total. The first-order chi connectivity index (χ1) is 9.34. The van der Waals surface area contributed by atoms with Crippen LogP contribution in [0.3, 0.4) is 0 Å². The van der Waals surface area contributed by atoms with E-state index in [-0.39, 0.29) is 41.4 Å². The lowest BCUT2D eigenvalue weighted by atomic mass is 10.0. The van der Waals surface area contributed by atoms with Gasteiger partial charge >= 0.3 is 0 Å². The number of ketones is 1. The first-order valence-corrected chi connectivity index (χ1v) is 7.27. The molecule has 0 spiro atoms. The summed E-state index contributed by atoms with van der Waals surface area (Å²) in [6.07, 6.45) is 0. The summed E-state index contributed by atoms with van der Waals surface area (Å²) in [5.74, 6) is -1.07. The number of likely N-dealkylation sites (tertiary alicyclic amines) is 1. The molecule has 2 amide bonds. The van der Waals surface area contributed by atoms with E-state index in [1.807, 2.05) is 13.8 Å². The number of fused-ring (bicyclic) bond motifs is 1. The van der Waals surface area contributed by atoms with Gasteiger partial charge in [-0.15, -0.1) is 0 Å². The highest BCUT2D eigenvalue weighted by molar-refractivity contribution is 9.10. The number of hydrogen-bond donors (Lipinski definition) is 0. The van der Waals surface area contributed by atoms with Crippen molar-refractivity contribution in [2.24, 2.45) is 17.3 Å². The zero-order chi connectivity index (χ0) is 14.7. The number of imide groups is 1. The summed E-state index contributed by atoms with van der Waals surface area (Å²) in [4.78, 5) is 37.5. The molecule has 2 aliphatic rings. The van der Waals surface area contributed by atoms with Crippen LogP contribution >= 0.6 is 15.9 Å². The molecule has 2 atom stereocenters. The average Bonchev–Trinajstić information content (AvgIpc) is 2.87. The van der Waals surface area contributed by atoms with Crippen molar-refractivity contribution in [2.45, 2.75) is 13.8 Å². The highest BCUT2D eigenvalue weighted by atomic mass is 79.9. The summed E-state index contributed by atoms with van der Waals surface area (Å²) in [6.45, 7) is 3.69. The van der Waals surface area contributed by atoms with Gasteiger partial charge in [0.05, 0.1) is 18.4 Å². The fourth-order valence-corrected chi connectivity index (χ4v) is 3.29. The molecule has 1 saturated carbocycles. The molecule has 1 saturated heterocycles. The molecule has 5 heteroatoms. The van der Waals surface area contributed by atoms with Gasteiger partial charge in [-0.25, -0.2) is 0 Å². The largest absolute Gasteiger partial charge is 0.292 e. The van der Waals surface area contributed by atoms with Gasteiger partial charge < -0.3 is 0 Å². The monoisotopic (exact) mass is 335 g/mol. The molecule has 0 aromatic heterocycles. The minimum Gasteiger partial charge on any atom is -0.292 e. The number of rotatable bonds is 3. The fourth-order valence-electron chi connectivity index (χ4n) is 3.03. The number of carbonyl (C=O) groups is 3. The Hall–Kier alpha value is -1.49. The summed E-state index contributed by atoms with van der Waals surface area (Å²) >= 11 is 3.30. The van der Waals surface area contributed by atoms with Gasteiger partial charge in [0.25, 0.3) is 0 Å². The second-order valence-electron chi connectivity index (χ2n) is 5.97. The smallest absolute Gasteiger partial charge is 0.234 e. The SMILES string of the molecule is CC1(C)C2C(=O)N(CC(=O)c3ccc(Br)cc3)C(=O)C21. The number of Topliss-reactive ketones (excluding diaryl/α,β-unsaturated/α-hetero) is 1. The molecule has 1 aliphatic carbocycles. The van der Waals surface area contributed by atoms with Crippen LogP contribution in [0.1, 0.15) is 24.2 Å². The number of carbonyl (C=O) groups excluding carboxylic acids is 3. The van der Waals surface area contributed by atoms with E-state index < -0.39 is 0 Å². The Morgan fingerprint density at radius 1 is 1.15 bits per heavy atom. The number of hydrogen-bond acceptors (Lipinski definition) is 3. The van der Waals surface area contributed by atoms with Crippen molar-refractivity contribution in [1.29, 1.82) is 0 Å². The lowest BCUT2D eigenvalue weighted by Gasteiger charge is -2.19. The van der Waals surface area contributed by atoms with Crippen molar-refractivity contribution < 1.29 is 14.4 Å². The molecule has 3 rings (SSSR count). The summed E-state index contributed by atoms with van der Waals surface area (Å²) in [7, 11) is 0. The molecule has 2 fully saturated rings. The first-order valence-electron chi connectivity index (χ1n) is 6.48. The van der Waals surface area contributed by atoms with Crippen molar-refractivity contribution in [3.63, 3.8) is 0 Å². The van der Waals surface area contributed by atoms with Gasteiger partial charge in [0.1, 0.15) is 0 Å². The zero-order valence-corrected chi connectivity index (χ0v) is 12.8. The standard InChI is InChI=1S/C15H14BrNO3/c1-15(2)11-12(15)14(20)17(13(11)19)7-10(18)8-3-5-9(16)6-4-8/h3-6,11-12H,7H2,1-2H3. The second-order valence-corrected chi connectivity index (χ2v) is 6.89. The molecular formula is C15H14BrNO3. The third-order valence-corrected chi connectivity index (χ3v) is 4.89. The zero-order valence-electron chi connectivity index (χ0n) is 11.2. The maximum Gasteiger partial charge on any atom is 0.234 e. The Balaban J connectivity index is 1.74. The minimum absolute atomic E-state index is 0.150. The molecule has 1 aromatic carbocycles. The Kier molecular flexibility index (Phi) is 2.87. The lowest BCUT2D eigenvalue weighted by molar-refractivity contribution is -0.142. The van der Waals surface area contributed by atoms with E-state index in [9.17, 15) is 14.4 Å². The van der Waals surface area contributed by atoms with Crippen LogP contribution in [0.25, 0.3) is 0 Å². The van der Waals surface area contributed by atoms with Crippen molar-refractivity contribution in [3.8, 4) is 0 Å². The van der Waals surface area contributed by atoms with E-state index in [4.69, 9.17) is 0 Å². The quantitative estimate of drug-likeness (QED) is 0.629. The molecule has 0 bridgehead atoms. The van der Waals surface area contributed by atoms with Gasteiger partial charge in [0.15, 0.2) is 5.78 Å². The lowest BCUT2D eigenvalue weighted by Crippen LogP contribution is -2.39. The van der Waals surface area contributed by atoms with Gasteiger partial charge in [0, 0.05) is 10.0 Å². The van der Waals surface area contributed by atoms with Crippen molar-refractivity contribution in [3.05, 3.63) is 34.3 Å². The number of halogens is 1. The predicted molar refractivity (Wildman–Crippen MR) is 76.0 cm³/mol. The highest BCUT2D eigenvalue weighted by Crippen LogP contribution is 2.63.